The number of piperidine rings is 1. The van der Waals surface area contributed by atoms with Gasteiger partial charge in [-0.15, -0.1) is 0 Å². The van der Waals surface area contributed by atoms with E-state index in [4.69, 9.17) is 5.73 Å². The van der Waals surface area contributed by atoms with Gasteiger partial charge >= 0.3 is 0 Å². The Morgan fingerprint density at radius 3 is 2.31 bits per heavy atom. The average Bonchev–Trinajstić information content (AvgIpc) is 2.37. The van der Waals surface area contributed by atoms with Crippen LogP contribution in [-0.4, -0.2) is 29.1 Å². The molecule has 13 heavy (non-hydrogen) atoms. The van der Waals surface area contributed by atoms with Crippen LogP contribution in [-0.2, 0) is 0 Å². The normalized spacial score (nSPS) is 42.2. The number of rotatable bonds is 2. The van der Waals surface area contributed by atoms with Crippen molar-refractivity contribution in [3.8, 4) is 0 Å². The third kappa shape index (κ3) is 1.62. The molecule has 3 unspecified atom stereocenters. The number of nitrogens with two attached hydrogens (primary N) is 1. The summed E-state index contributed by atoms with van der Waals surface area (Å²) >= 11 is 0. The Morgan fingerprint density at radius 2 is 1.85 bits per heavy atom. The Kier molecular flexibility index (Phi) is 2.61. The van der Waals surface area contributed by atoms with E-state index < -0.39 is 0 Å². The van der Waals surface area contributed by atoms with Gasteiger partial charge in [-0.3, -0.25) is 4.90 Å². The second kappa shape index (κ2) is 3.58. The molecule has 2 bridgehead atoms. The Balaban J connectivity index is 2.06. The van der Waals surface area contributed by atoms with Crippen molar-refractivity contribution >= 4 is 0 Å². The van der Waals surface area contributed by atoms with Crippen LogP contribution < -0.4 is 5.73 Å². The van der Waals surface area contributed by atoms with Gasteiger partial charge in [0.1, 0.15) is 0 Å². The molecule has 0 aromatic carbocycles. The molecule has 2 nitrogen and oxygen atoms in total. The molecule has 2 fully saturated rings. The van der Waals surface area contributed by atoms with Crippen molar-refractivity contribution in [3.63, 3.8) is 0 Å². The molecule has 0 amide bonds. The monoisotopic (exact) mass is 182 g/mol. The fourth-order valence-corrected chi connectivity index (χ4v) is 3.19. The highest BCUT2D eigenvalue weighted by Gasteiger charge is 2.40. The molecule has 2 aliphatic heterocycles. The SMILES string of the molecule is CCC(C)N1C2CCC1CC(N)C2. The van der Waals surface area contributed by atoms with Gasteiger partial charge in [0.25, 0.3) is 0 Å². The lowest BCUT2D eigenvalue weighted by Gasteiger charge is -2.41. The quantitative estimate of drug-likeness (QED) is 0.705. The van der Waals surface area contributed by atoms with Crippen molar-refractivity contribution < 1.29 is 0 Å². The number of fused-ring (bicyclic) bond motifs is 2. The highest BCUT2D eigenvalue weighted by molar-refractivity contribution is 4.98. The molecule has 2 N–H and O–H groups in total. The summed E-state index contributed by atoms with van der Waals surface area (Å²) in [6.07, 6.45) is 6.54. The molecular weight excluding hydrogens is 160 g/mol. The third-order valence-corrected chi connectivity index (χ3v) is 3.93. The van der Waals surface area contributed by atoms with Crippen LogP contribution in [0.3, 0.4) is 0 Å². The van der Waals surface area contributed by atoms with Crippen LogP contribution in [0, 0.1) is 0 Å². The molecule has 0 aromatic rings. The molecule has 2 heteroatoms. The van der Waals surface area contributed by atoms with Gasteiger partial charge in [0.2, 0.25) is 0 Å². The molecule has 2 rings (SSSR count). The summed E-state index contributed by atoms with van der Waals surface area (Å²) in [5.41, 5.74) is 6.03. The molecule has 0 aliphatic carbocycles. The smallest absolute Gasteiger partial charge is 0.0116 e. The molecule has 3 atom stereocenters. The van der Waals surface area contributed by atoms with E-state index in [0.29, 0.717) is 6.04 Å². The van der Waals surface area contributed by atoms with Gasteiger partial charge in [-0.25, -0.2) is 0 Å². The largest absolute Gasteiger partial charge is 0.328 e. The van der Waals surface area contributed by atoms with Crippen molar-refractivity contribution in [1.29, 1.82) is 0 Å². The van der Waals surface area contributed by atoms with Gasteiger partial charge in [-0.1, -0.05) is 6.92 Å². The second-order valence-corrected chi connectivity index (χ2v) is 4.82. The minimum Gasteiger partial charge on any atom is -0.328 e. The van der Waals surface area contributed by atoms with Gasteiger partial charge in [0.15, 0.2) is 0 Å². The average molecular weight is 182 g/mol. The van der Waals surface area contributed by atoms with E-state index >= 15 is 0 Å². The molecule has 76 valence electrons. The van der Waals surface area contributed by atoms with E-state index in [-0.39, 0.29) is 0 Å². The summed E-state index contributed by atoms with van der Waals surface area (Å²) < 4.78 is 0. The van der Waals surface area contributed by atoms with Crippen molar-refractivity contribution in [2.24, 2.45) is 5.73 Å². The third-order valence-electron chi connectivity index (χ3n) is 3.93. The van der Waals surface area contributed by atoms with E-state index in [1.165, 1.54) is 32.1 Å². The first-order chi connectivity index (χ1) is 6.22. The van der Waals surface area contributed by atoms with Crippen LogP contribution in [0.1, 0.15) is 46.0 Å². The summed E-state index contributed by atoms with van der Waals surface area (Å²) in [4.78, 5) is 2.74. The summed E-state index contributed by atoms with van der Waals surface area (Å²) in [6, 6.07) is 2.87. The van der Waals surface area contributed by atoms with Gasteiger partial charge < -0.3 is 5.73 Å². The first-order valence-corrected chi connectivity index (χ1v) is 5.75. The lowest BCUT2D eigenvalue weighted by Crippen LogP contribution is -2.50. The lowest BCUT2D eigenvalue weighted by molar-refractivity contribution is 0.0836. The highest BCUT2D eigenvalue weighted by Crippen LogP contribution is 2.36. The maximum absolute atomic E-state index is 6.03. The summed E-state index contributed by atoms with van der Waals surface area (Å²) in [5, 5.41) is 0. The van der Waals surface area contributed by atoms with Crippen molar-refractivity contribution in [1.82, 2.24) is 4.90 Å². The van der Waals surface area contributed by atoms with Gasteiger partial charge in [0, 0.05) is 24.2 Å². The van der Waals surface area contributed by atoms with Gasteiger partial charge in [-0.2, -0.15) is 0 Å². The van der Waals surface area contributed by atoms with Crippen molar-refractivity contribution in [2.75, 3.05) is 0 Å². The van der Waals surface area contributed by atoms with E-state index in [2.05, 4.69) is 18.7 Å². The second-order valence-electron chi connectivity index (χ2n) is 4.82. The van der Waals surface area contributed by atoms with Crippen LogP contribution in [0.25, 0.3) is 0 Å². The van der Waals surface area contributed by atoms with Crippen molar-refractivity contribution in [2.45, 2.75) is 70.1 Å². The lowest BCUT2D eigenvalue weighted by atomic mass is 9.96. The molecule has 0 aromatic heterocycles. The predicted molar refractivity (Wildman–Crippen MR) is 55.6 cm³/mol. The Labute approximate surface area is 81.5 Å². The number of hydrogen-bond acceptors (Lipinski definition) is 2. The van der Waals surface area contributed by atoms with E-state index in [1.54, 1.807) is 0 Å². The fourth-order valence-electron chi connectivity index (χ4n) is 3.19. The van der Waals surface area contributed by atoms with Crippen LogP contribution in [0.5, 0.6) is 0 Å². The fraction of sp³-hybridized carbons (Fsp3) is 1.00. The minimum absolute atomic E-state index is 0.484. The number of nitrogens with zero attached hydrogens (tertiary/aromatic N) is 1. The minimum atomic E-state index is 0.484. The van der Waals surface area contributed by atoms with Gasteiger partial charge in [-0.05, 0) is 39.0 Å². The standard InChI is InChI=1S/C11H22N2/c1-3-8(2)13-10-4-5-11(13)7-9(12)6-10/h8-11H,3-7,12H2,1-2H3. The Morgan fingerprint density at radius 1 is 1.31 bits per heavy atom. The number of hydrogen-bond donors (Lipinski definition) is 1. The van der Waals surface area contributed by atoms with Crippen LogP contribution in [0.4, 0.5) is 0 Å². The summed E-state index contributed by atoms with van der Waals surface area (Å²) in [5.74, 6) is 0. The maximum Gasteiger partial charge on any atom is 0.0116 e. The van der Waals surface area contributed by atoms with Gasteiger partial charge in [0.05, 0.1) is 0 Å². The van der Waals surface area contributed by atoms with Crippen molar-refractivity contribution in [3.05, 3.63) is 0 Å². The van der Waals surface area contributed by atoms with E-state index in [1.807, 2.05) is 0 Å². The maximum atomic E-state index is 6.03. The molecule has 2 saturated heterocycles. The Hall–Kier alpha value is -0.0800. The van der Waals surface area contributed by atoms with Crippen LogP contribution in [0.2, 0.25) is 0 Å². The zero-order valence-electron chi connectivity index (χ0n) is 8.87. The van der Waals surface area contributed by atoms with Crippen LogP contribution in [0.15, 0.2) is 0 Å². The molecule has 0 spiro atoms. The molecular formula is C11H22N2. The molecule has 2 heterocycles. The summed E-state index contributed by atoms with van der Waals surface area (Å²) in [7, 11) is 0. The predicted octanol–water partition coefficient (Wildman–Crippen LogP) is 1.74. The Bertz CT molecular complexity index is 167. The van der Waals surface area contributed by atoms with E-state index in [0.717, 1.165) is 18.1 Å². The zero-order valence-corrected chi connectivity index (χ0v) is 8.87. The topological polar surface area (TPSA) is 29.3 Å². The summed E-state index contributed by atoms with van der Waals surface area (Å²) in [6.45, 7) is 4.65. The van der Waals surface area contributed by atoms with Crippen LogP contribution >= 0.6 is 0 Å². The first kappa shape index (κ1) is 9.47. The molecule has 2 aliphatic rings. The highest BCUT2D eigenvalue weighted by atomic mass is 15.2. The van der Waals surface area contributed by atoms with E-state index in [9.17, 15) is 0 Å². The molecule has 0 saturated carbocycles. The first-order valence-electron chi connectivity index (χ1n) is 5.75. The zero-order chi connectivity index (χ0) is 9.42. The molecule has 0 radical (unpaired) electrons.